The van der Waals surface area contributed by atoms with Crippen molar-refractivity contribution < 1.29 is 13.9 Å². The molecular weight excluding hydrogens is 345 g/mol. The van der Waals surface area contributed by atoms with Crippen LogP contribution in [0.15, 0.2) is 24.3 Å². The minimum atomic E-state index is -0.332. The number of nitrogens with zero attached hydrogens (tertiary/aromatic N) is 2. The van der Waals surface area contributed by atoms with Crippen molar-refractivity contribution in [1.29, 1.82) is 0 Å². The van der Waals surface area contributed by atoms with Gasteiger partial charge in [-0.05, 0) is 44.5 Å². The van der Waals surface area contributed by atoms with E-state index in [0.29, 0.717) is 29.6 Å². The van der Waals surface area contributed by atoms with Gasteiger partial charge in [-0.2, -0.15) is 5.10 Å². The van der Waals surface area contributed by atoms with Crippen molar-refractivity contribution in [3.63, 3.8) is 0 Å². The summed E-state index contributed by atoms with van der Waals surface area (Å²) in [6.45, 7) is 2.17. The molecule has 1 saturated heterocycles. The van der Waals surface area contributed by atoms with E-state index >= 15 is 0 Å². The highest BCUT2D eigenvalue weighted by Gasteiger charge is 2.18. The number of hydrogen-bond donors (Lipinski definition) is 1. The van der Waals surface area contributed by atoms with E-state index in [9.17, 15) is 4.39 Å². The summed E-state index contributed by atoms with van der Waals surface area (Å²) >= 11 is 5.94. The van der Waals surface area contributed by atoms with Gasteiger partial charge in [0.25, 0.3) is 0 Å². The van der Waals surface area contributed by atoms with E-state index in [1.165, 1.54) is 18.6 Å². The van der Waals surface area contributed by atoms with E-state index in [1.54, 1.807) is 6.07 Å². The maximum Gasteiger partial charge on any atom is 0.212 e. The highest BCUT2D eigenvalue weighted by atomic mass is 35.5. The normalized spacial score (nSPS) is 17.6. The van der Waals surface area contributed by atoms with Crippen molar-refractivity contribution in [1.82, 2.24) is 15.1 Å². The predicted octanol–water partition coefficient (Wildman–Crippen LogP) is 3.54. The summed E-state index contributed by atoms with van der Waals surface area (Å²) in [4.78, 5) is 0. The van der Waals surface area contributed by atoms with Crippen LogP contribution in [0.3, 0.4) is 0 Å². The fourth-order valence-electron chi connectivity index (χ4n) is 2.91. The Morgan fingerprint density at radius 1 is 1.40 bits per heavy atom. The molecule has 1 unspecified atom stereocenters. The molecule has 2 aromatic rings. The zero-order valence-corrected chi connectivity index (χ0v) is 15.1. The molecule has 2 heterocycles. The van der Waals surface area contributed by atoms with Crippen LogP contribution in [0.5, 0.6) is 5.88 Å². The number of hydrogen-bond acceptors (Lipinski definition) is 4. The van der Waals surface area contributed by atoms with Gasteiger partial charge in [-0.15, -0.1) is 0 Å². The second kappa shape index (κ2) is 8.65. The molecule has 1 aliphatic heterocycles. The Bertz CT molecular complexity index is 702. The molecular formula is C18H23ClFN3O2. The summed E-state index contributed by atoms with van der Waals surface area (Å²) in [5, 5.41) is 8.14. The molecule has 0 saturated carbocycles. The van der Waals surface area contributed by atoms with Crippen molar-refractivity contribution in [2.45, 2.75) is 45.1 Å². The topological polar surface area (TPSA) is 48.3 Å². The van der Waals surface area contributed by atoms with Crippen LogP contribution in [0.2, 0.25) is 5.02 Å². The van der Waals surface area contributed by atoms with Crippen LogP contribution in [0, 0.1) is 5.82 Å². The smallest absolute Gasteiger partial charge is 0.212 e. The summed E-state index contributed by atoms with van der Waals surface area (Å²) in [7, 11) is 1.87. The molecule has 1 N–H and O–H groups in total. The fourth-order valence-corrected chi connectivity index (χ4v) is 3.11. The Hall–Kier alpha value is -1.63. The Kier molecular flexibility index (Phi) is 6.29. The third-order valence-electron chi connectivity index (χ3n) is 4.19. The van der Waals surface area contributed by atoms with Crippen LogP contribution in [0.4, 0.5) is 4.39 Å². The minimum absolute atomic E-state index is 0.0998. The van der Waals surface area contributed by atoms with Crippen LogP contribution in [0.1, 0.15) is 30.5 Å². The van der Waals surface area contributed by atoms with Gasteiger partial charge in [0.2, 0.25) is 5.88 Å². The second-order valence-corrected chi connectivity index (χ2v) is 6.64. The molecule has 1 aliphatic rings. The van der Waals surface area contributed by atoms with Gasteiger partial charge in [-0.25, -0.2) is 9.07 Å². The van der Waals surface area contributed by atoms with Crippen molar-refractivity contribution in [3.8, 4) is 5.88 Å². The molecule has 1 fully saturated rings. The van der Waals surface area contributed by atoms with Crippen LogP contribution < -0.4 is 10.1 Å². The fraction of sp³-hybridized carbons (Fsp3) is 0.500. The maximum atomic E-state index is 13.9. The molecule has 136 valence electrons. The van der Waals surface area contributed by atoms with Crippen molar-refractivity contribution in [2.24, 2.45) is 0 Å². The average molecular weight is 368 g/mol. The quantitative estimate of drug-likeness (QED) is 0.813. The zero-order valence-electron chi connectivity index (χ0n) is 14.3. The van der Waals surface area contributed by atoms with Gasteiger partial charge in [0.1, 0.15) is 12.4 Å². The first-order valence-corrected chi connectivity index (χ1v) is 8.93. The van der Waals surface area contributed by atoms with Gasteiger partial charge >= 0.3 is 0 Å². The Morgan fingerprint density at radius 3 is 3.04 bits per heavy atom. The second-order valence-electron chi connectivity index (χ2n) is 6.20. The number of ether oxygens (including phenoxy) is 2. The monoisotopic (exact) mass is 367 g/mol. The van der Waals surface area contributed by atoms with Gasteiger partial charge in [0.15, 0.2) is 0 Å². The number of rotatable bonds is 7. The number of nitrogens with one attached hydrogen (secondary N) is 1. The van der Waals surface area contributed by atoms with E-state index in [0.717, 1.165) is 25.1 Å². The first-order chi connectivity index (χ1) is 12.2. The van der Waals surface area contributed by atoms with Crippen molar-refractivity contribution in [3.05, 3.63) is 46.4 Å². The van der Waals surface area contributed by atoms with Crippen LogP contribution in [0.25, 0.3) is 0 Å². The molecule has 0 amide bonds. The molecule has 7 heteroatoms. The van der Waals surface area contributed by atoms with Crippen LogP contribution >= 0.6 is 11.6 Å². The third-order valence-corrected chi connectivity index (χ3v) is 4.42. The molecule has 1 aromatic heterocycles. The molecule has 0 bridgehead atoms. The molecule has 0 radical (unpaired) electrons. The van der Waals surface area contributed by atoms with Gasteiger partial charge < -0.3 is 14.8 Å². The Labute approximate surface area is 152 Å². The van der Waals surface area contributed by atoms with Crippen molar-refractivity contribution in [2.75, 3.05) is 13.7 Å². The predicted molar refractivity (Wildman–Crippen MR) is 94.3 cm³/mol. The van der Waals surface area contributed by atoms with Gasteiger partial charge in [0, 0.05) is 29.8 Å². The molecule has 1 atom stereocenters. The highest BCUT2D eigenvalue weighted by Crippen LogP contribution is 2.22. The first kappa shape index (κ1) is 18.2. The first-order valence-electron chi connectivity index (χ1n) is 8.55. The largest absolute Gasteiger partial charge is 0.473 e. The van der Waals surface area contributed by atoms with Gasteiger partial charge in [-0.3, -0.25) is 0 Å². The van der Waals surface area contributed by atoms with E-state index in [-0.39, 0.29) is 18.5 Å². The maximum absolute atomic E-state index is 13.9. The van der Waals surface area contributed by atoms with Gasteiger partial charge in [0.05, 0.1) is 18.3 Å². The molecule has 5 nitrogen and oxygen atoms in total. The Morgan fingerprint density at radius 2 is 2.28 bits per heavy atom. The van der Waals surface area contributed by atoms with E-state index in [2.05, 4.69) is 10.4 Å². The van der Waals surface area contributed by atoms with Crippen LogP contribution in [-0.4, -0.2) is 29.5 Å². The molecule has 0 spiro atoms. The van der Waals surface area contributed by atoms with E-state index in [1.807, 2.05) is 17.8 Å². The lowest BCUT2D eigenvalue weighted by atomic mass is 10.1. The van der Waals surface area contributed by atoms with E-state index < -0.39 is 0 Å². The SMILES string of the molecule is CNCc1cc(OCc2cc(Cl)ccc2F)n(CC2CCCCO2)n1. The standard InChI is InChI=1S/C18H23ClFN3O2/c1-21-10-15-9-18(23(22-15)11-16-4-2-3-7-24-16)25-12-13-8-14(19)5-6-17(13)20/h5-6,8-9,16,21H,2-4,7,10-12H2,1H3. The van der Waals surface area contributed by atoms with Crippen molar-refractivity contribution >= 4 is 11.6 Å². The number of halogens is 2. The average Bonchev–Trinajstić information content (AvgIpc) is 2.98. The Balaban J connectivity index is 1.72. The lowest BCUT2D eigenvalue weighted by Gasteiger charge is -2.23. The van der Waals surface area contributed by atoms with Crippen LogP contribution in [-0.2, 0) is 24.4 Å². The third kappa shape index (κ3) is 4.93. The summed E-state index contributed by atoms with van der Waals surface area (Å²) in [6, 6.07) is 6.33. The summed E-state index contributed by atoms with van der Waals surface area (Å²) in [5.74, 6) is 0.278. The minimum Gasteiger partial charge on any atom is -0.473 e. The summed E-state index contributed by atoms with van der Waals surface area (Å²) in [6.07, 6.45) is 3.43. The highest BCUT2D eigenvalue weighted by molar-refractivity contribution is 6.30. The zero-order chi connectivity index (χ0) is 17.6. The number of aromatic nitrogens is 2. The lowest BCUT2D eigenvalue weighted by molar-refractivity contribution is 0.00229. The van der Waals surface area contributed by atoms with Gasteiger partial charge in [-0.1, -0.05) is 11.6 Å². The number of benzene rings is 1. The molecule has 1 aromatic carbocycles. The molecule has 3 rings (SSSR count). The molecule has 25 heavy (non-hydrogen) atoms. The van der Waals surface area contributed by atoms with E-state index in [4.69, 9.17) is 21.1 Å². The molecule has 0 aliphatic carbocycles. The summed E-state index contributed by atoms with van der Waals surface area (Å²) in [5.41, 5.74) is 1.30. The summed E-state index contributed by atoms with van der Waals surface area (Å²) < 4.78 is 27.3. The lowest BCUT2D eigenvalue weighted by Crippen LogP contribution is -2.25.